The van der Waals surface area contributed by atoms with Crippen LogP contribution >= 0.6 is 11.8 Å². The highest BCUT2D eigenvalue weighted by atomic mass is 32.2. The van der Waals surface area contributed by atoms with Crippen molar-refractivity contribution in [2.45, 2.75) is 4.90 Å². The number of anilines is 1. The van der Waals surface area contributed by atoms with Crippen molar-refractivity contribution in [3.8, 4) is 0 Å². The molecule has 2 N–H and O–H groups in total. The molecular weight excluding hydrogens is 226 g/mol. The zero-order valence-corrected chi connectivity index (χ0v) is 9.32. The van der Waals surface area contributed by atoms with Crippen molar-refractivity contribution in [3.05, 3.63) is 34.5 Å². The average molecular weight is 235 g/mol. The molecule has 0 saturated heterocycles. The highest BCUT2D eigenvalue weighted by molar-refractivity contribution is 7.98. The number of nitrogen functional groups attached to an aromatic ring is 1. The molecule has 1 aromatic heterocycles. The van der Waals surface area contributed by atoms with Gasteiger partial charge in [0.05, 0.1) is 20.9 Å². The second-order valence-electron chi connectivity index (χ2n) is 3.17. The van der Waals surface area contributed by atoms with Crippen LogP contribution in [0.3, 0.4) is 0 Å². The van der Waals surface area contributed by atoms with E-state index in [1.165, 1.54) is 11.8 Å². The van der Waals surface area contributed by atoms with Crippen LogP contribution < -0.4 is 5.73 Å². The van der Waals surface area contributed by atoms with Gasteiger partial charge in [0.25, 0.3) is 5.69 Å². The van der Waals surface area contributed by atoms with E-state index in [4.69, 9.17) is 5.73 Å². The molecule has 0 spiro atoms. The van der Waals surface area contributed by atoms with Gasteiger partial charge >= 0.3 is 0 Å². The molecule has 0 fully saturated rings. The molecule has 0 radical (unpaired) electrons. The van der Waals surface area contributed by atoms with Crippen molar-refractivity contribution in [1.82, 2.24) is 4.98 Å². The summed E-state index contributed by atoms with van der Waals surface area (Å²) in [7, 11) is 0. The molecule has 0 aliphatic rings. The number of nitrogens with zero attached hydrogens (tertiary/aromatic N) is 2. The predicted molar refractivity (Wildman–Crippen MR) is 64.6 cm³/mol. The van der Waals surface area contributed by atoms with E-state index in [0.29, 0.717) is 21.5 Å². The average Bonchev–Trinajstić information content (AvgIpc) is 2.28. The Balaban J connectivity index is 2.92. The Morgan fingerprint density at radius 2 is 2.31 bits per heavy atom. The number of hydrogen-bond acceptors (Lipinski definition) is 5. The summed E-state index contributed by atoms with van der Waals surface area (Å²) in [6.07, 6.45) is 3.35. The van der Waals surface area contributed by atoms with Gasteiger partial charge in [-0.05, 0) is 24.5 Å². The van der Waals surface area contributed by atoms with E-state index in [0.717, 1.165) is 0 Å². The second kappa shape index (κ2) is 3.97. The van der Waals surface area contributed by atoms with Gasteiger partial charge in [0.1, 0.15) is 5.52 Å². The van der Waals surface area contributed by atoms with Crippen molar-refractivity contribution < 1.29 is 4.92 Å². The number of hydrogen-bond donors (Lipinski definition) is 1. The summed E-state index contributed by atoms with van der Waals surface area (Å²) >= 11 is 1.30. The van der Waals surface area contributed by atoms with Crippen LogP contribution in [0.5, 0.6) is 0 Å². The maximum absolute atomic E-state index is 11.0. The summed E-state index contributed by atoms with van der Waals surface area (Å²) in [5.74, 6) is 0. The van der Waals surface area contributed by atoms with Crippen molar-refractivity contribution in [3.63, 3.8) is 0 Å². The monoisotopic (exact) mass is 235 g/mol. The lowest BCUT2D eigenvalue weighted by atomic mass is 10.1. The summed E-state index contributed by atoms with van der Waals surface area (Å²) in [5.41, 5.74) is 6.82. The standard InChI is InChI=1S/C10H9N3O2S/c1-16-8-5-7(11)9-6(3-2-4-12-9)10(8)13(14)15/h2-5H,11H2,1H3. The minimum Gasteiger partial charge on any atom is -0.397 e. The second-order valence-corrected chi connectivity index (χ2v) is 4.02. The van der Waals surface area contributed by atoms with E-state index in [1.54, 1.807) is 30.7 Å². The molecule has 16 heavy (non-hydrogen) atoms. The third-order valence-electron chi connectivity index (χ3n) is 2.26. The van der Waals surface area contributed by atoms with Crippen molar-refractivity contribution in [1.29, 1.82) is 0 Å². The van der Waals surface area contributed by atoms with E-state index in [1.807, 2.05) is 0 Å². The predicted octanol–water partition coefficient (Wildman–Crippen LogP) is 2.45. The quantitative estimate of drug-likeness (QED) is 0.374. The number of benzene rings is 1. The number of fused-ring (bicyclic) bond motifs is 1. The first-order valence-electron chi connectivity index (χ1n) is 4.50. The zero-order chi connectivity index (χ0) is 11.7. The van der Waals surface area contributed by atoms with Gasteiger partial charge in [0.2, 0.25) is 0 Å². The summed E-state index contributed by atoms with van der Waals surface area (Å²) < 4.78 is 0. The Kier molecular flexibility index (Phi) is 2.66. The summed E-state index contributed by atoms with van der Waals surface area (Å²) in [4.78, 5) is 15.3. The van der Waals surface area contributed by atoms with Gasteiger partial charge in [-0.25, -0.2) is 0 Å². The molecule has 0 amide bonds. The van der Waals surface area contributed by atoms with Crippen molar-refractivity contribution in [2.24, 2.45) is 0 Å². The minimum atomic E-state index is -0.394. The molecule has 2 aromatic rings. The summed E-state index contributed by atoms with van der Waals surface area (Å²) in [6, 6.07) is 4.92. The maximum atomic E-state index is 11.0. The Labute approximate surface area is 95.8 Å². The first-order valence-corrected chi connectivity index (χ1v) is 5.73. The highest BCUT2D eigenvalue weighted by Crippen LogP contribution is 2.37. The molecule has 1 heterocycles. The maximum Gasteiger partial charge on any atom is 0.292 e. The lowest BCUT2D eigenvalue weighted by Gasteiger charge is -2.05. The topological polar surface area (TPSA) is 82.0 Å². The molecule has 0 bridgehead atoms. The number of nitro benzene ring substituents is 1. The van der Waals surface area contributed by atoms with Crippen LogP contribution in [-0.2, 0) is 0 Å². The largest absolute Gasteiger partial charge is 0.397 e. The molecule has 6 heteroatoms. The Morgan fingerprint density at radius 1 is 1.56 bits per heavy atom. The third-order valence-corrected chi connectivity index (χ3v) is 3.01. The Hall–Kier alpha value is -1.82. The molecule has 2 rings (SSSR count). The Morgan fingerprint density at radius 3 is 2.94 bits per heavy atom. The third kappa shape index (κ3) is 1.57. The number of aromatic nitrogens is 1. The minimum absolute atomic E-state index is 0.0739. The van der Waals surface area contributed by atoms with Crippen LogP contribution in [0, 0.1) is 10.1 Å². The fraction of sp³-hybridized carbons (Fsp3) is 0.100. The fourth-order valence-corrected chi connectivity index (χ4v) is 2.20. The smallest absolute Gasteiger partial charge is 0.292 e. The van der Waals surface area contributed by atoms with Crippen molar-refractivity contribution >= 4 is 34.0 Å². The molecule has 5 nitrogen and oxygen atoms in total. The number of nitrogens with two attached hydrogens (primary N) is 1. The van der Waals surface area contributed by atoms with Gasteiger partial charge in [0, 0.05) is 6.20 Å². The fourth-order valence-electron chi connectivity index (χ4n) is 1.58. The highest BCUT2D eigenvalue weighted by Gasteiger charge is 2.20. The summed E-state index contributed by atoms with van der Waals surface area (Å²) in [6.45, 7) is 0. The molecule has 0 atom stereocenters. The molecule has 82 valence electrons. The molecule has 0 aliphatic heterocycles. The van der Waals surface area contributed by atoms with Crippen LogP contribution in [0.15, 0.2) is 29.3 Å². The van der Waals surface area contributed by atoms with Gasteiger partial charge in [-0.3, -0.25) is 15.1 Å². The number of pyridine rings is 1. The van der Waals surface area contributed by atoms with Crippen LogP contribution in [0.4, 0.5) is 11.4 Å². The first kappa shape index (κ1) is 10.7. The first-order chi connectivity index (χ1) is 7.65. The van der Waals surface area contributed by atoms with Crippen LogP contribution in [0.1, 0.15) is 0 Å². The lowest BCUT2D eigenvalue weighted by Crippen LogP contribution is -1.97. The van der Waals surface area contributed by atoms with Crippen LogP contribution in [0.2, 0.25) is 0 Å². The van der Waals surface area contributed by atoms with E-state index in [9.17, 15) is 10.1 Å². The lowest BCUT2D eigenvalue weighted by molar-refractivity contribution is -0.385. The Bertz CT molecular complexity index is 571. The molecular formula is C10H9N3O2S. The van der Waals surface area contributed by atoms with E-state index in [2.05, 4.69) is 4.98 Å². The normalized spacial score (nSPS) is 10.6. The van der Waals surface area contributed by atoms with Gasteiger partial charge in [0.15, 0.2) is 0 Å². The van der Waals surface area contributed by atoms with Gasteiger partial charge in [-0.15, -0.1) is 11.8 Å². The number of rotatable bonds is 2. The van der Waals surface area contributed by atoms with Crippen LogP contribution in [-0.4, -0.2) is 16.2 Å². The molecule has 0 saturated carbocycles. The zero-order valence-electron chi connectivity index (χ0n) is 8.51. The SMILES string of the molecule is CSc1cc(N)c2ncccc2c1[N+](=O)[O-]. The molecule has 1 aromatic carbocycles. The van der Waals surface area contributed by atoms with Gasteiger partial charge in [-0.2, -0.15) is 0 Å². The number of thioether (sulfide) groups is 1. The molecule has 0 aliphatic carbocycles. The van der Waals surface area contributed by atoms with Crippen LogP contribution in [0.25, 0.3) is 10.9 Å². The van der Waals surface area contributed by atoms with Crippen molar-refractivity contribution in [2.75, 3.05) is 12.0 Å². The van der Waals surface area contributed by atoms with Gasteiger partial charge < -0.3 is 5.73 Å². The van der Waals surface area contributed by atoms with Gasteiger partial charge in [-0.1, -0.05) is 0 Å². The molecule has 0 unspecified atom stereocenters. The van der Waals surface area contributed by atoms with E-state index < -0.39 is 4.92 Å². The number of nitro groups is 1. The summed E-state index contributed by atoms with van der Waals surface area (Å²) in [5, 5.41) is 11.5. The van der Waals surface area contributed by atoms with E-state index in [-0.39, 0.29) is 5.69 Å². The van der Waals surface area contributed by atoms with E-state index >= 15 is 0 Å².